The fraction of sp³-hybridized carbons (Fsp3) is 0.350. The number of ether oxygens (including phenoxy) is 1. The first-order chi connectivity index (χ1) is 12.7. The van der Waals surface area contributed by atoms with E-state index in [-0.39, 0.29) is 18.6 Å². The minimum atomic E-state index is -0.239. The molecule has 26 heavy (non-hydrogen) atoms. The molecule has 2 aromatic rings. The van der Waals surface area contributed by atoms with E-state index in [4.69, 9.17) is 4.74 Å². The van der Waals surface area contributed by atoms with Crippen molar-refractivity contribution in [2.45, 2.75) is 13.3 Å². The zero-order valence-corrected chi connectivity index (χ0v) is 15.0. The first kappa shape index (κ1) is 18.0. The highest BCUT2D eigenvalue weighted by Gasteiger charge is 2.21. The summed E-state index contributed by atoms with van der Waals surface area (Å²) in [4.78, 5) is 16.2. The fourth-order valence-electron chi connectivity index (χ4n) is 3.04. The molecule has 1 aliphatic heterocycles. The lowest BCUT2D eigenvalue weighted by atomic mass is 10.1. The number of aryl methyl sites for hydroxylation is 1. The summed E-state index contributed by atoms with van der Waals surface area (Å²) in [6, 6.07) is 14.2. The van der Waals surface area contributed by atoms with Gasteiger partial charge in [-0.1, -0.05) is 25.1 Å². The molecular formula is C20H24FN3O2. The monoisotopic (exact) mass is 357 g/mol. The van der Waals surface area contributed by atoms with Crippen molar-refractivity contribution in [3.63, 3.8) is 0 Å². The highest BCUT2D eigenvalue weighted by Crippen LogP contribution is 2.18. The SMILES string of the molecule is CCc1ccccc1OCNC(=O)N1CCN(c2ccc(F)cc2)CC1. The molecule has 1 saturated heterocycles. The van der Waals surface area contributed by atoms with E-state index in [1.165, 1.54) is 12.1 Å². The lowest BCUT2D eigenvalue weighted by Gasteiger charge is -2.36. The van der Waals surface area contributed by atoms with Gasteiger partial charge in [-0.25, -0.2) is 9.18 Å². The number of benzene rings is 2. The summed E-state index contributed by atoms with van der Waals surface area (Å²) in [5.74, 6) is 0.563. The lowest BCUT2D eigenvalue weighted by Crippen LogP contribution is -2.52. The smallest absolute Gasteiger partial charge is 0.320 e. The van der Waals surface area contributed by atoms with Crippen molar-refractivity contribution in [3.8, 4) is 5.75 Å². The van der Waals surface area contributed by atoms with Crippen LogP contribution in [0.4, 0.5) is 14.9 Å². The normalized spacial score (nSPS) is 14.2. The first-order valence-electron chi connectivity index (χ1n) is 8.91. The molecule has 0 radical (unpaired) electrons. The Bertz CT molecular complexity index is 728. The average Bonchev–Trinajstić information content (AvgIpc) is 2.69. The second-order valence-corrected chi connectivity index (χ2v) is 6.18. The number of piperazine rings is 1. The fourth-order valence-corrected chi connectivity index (χ4v) is 3.04. The highest BCUT2D eigenvalue weighted by atomic mass is 19.1. The van der Waals surface area contributed by atoms with Crippen LogP contribution in [0.15, 0.2) is 48.5 Å². The molecule has 6 heteroatoms. The number of carbonyl (C=O) groups is 1. The standard InChI is InChI=1S/C20H24FN3O2/c1-2-16-5-3-4-6-19(16)26-15-22-20(25)24-13-11-23(12-14-24)18-9-7-17(21)8-10-18/h3-10H,2,11-15H2,1H3,(H,22,25). The maximum absolute atomic E-state index is 13.0. The molecule has 0 bridgehead atoms. The Morgan fingerprint density at radius 3 is 2.46 bits per heavy atom. The Morgan fingerprint density at radius 1 is 1.08 bits per heavy atom. The van der Waals surface area contributed by atoms with Crippen molar-refractivity contribution in [1.29, 1.82) is 0 Å². The van der Waals surface area contributed by atoms with E-state index in [1.54, 1.807) is 17.0 Å². The lowest BCUT2D eigenvalue weighted by molar-refractivity contribution is 0.181. The zero-order valence-electron chi connectivity index (χ0n) is 15.0. The van der Waals surface area contributed by atoms with Crippen molar-refractivity contribution >= 4 is 11.7 Å². The van der Waals surface area contributed by atoms with Crippen LogP contribution >= 0.6 is 0 Å². The molecule has 0 unspecified atom stereocenters. The third kappa shape index (κ3) is 4.45. The number of rotatable bonds is 5. The number of hydrogen-bond acceptors (Lipinski definition) is 3. The molecule has 1 heterocycles. The molecule has 0 aromatic heterocycles. The van der Waals surface area contributed by atoms with Gasteiger partial charge in [0.05, 0.1) is 0 Å². The molecule has 0 spiro atoms. The van der Waals surface area contributed by atoms with Gasteiger partial charge in [0.15, 0.2) is 6.73 Å². The van der Waals surface area contributed by atoms with Gasteiger partial charge < -0.3 is 19.9 Å². The number of para-hydroxylation sites is 1. The van der Waals surface area contributed by atoms with Crippen LogP contribution in [0.3, 0.4) is 0 Å². The van der Waals surface area contributed by atoms with Crippen LogP contribution in [0, 0.1) is 5.82 Å². The molecular weight excluding hydrogens is 333 g/mol. The topological polar surface area (TPSA) is 44.8 Å². The Balaban J connectivity index is 1.44. The minimum Gasteiger partial charge on any atom is -0.473 e. The Hall–Kier alpha value is -2.76. The summed E-state index contributed by atoms with van der Waals surface area (Å²) in [7, 11) is 0. The minimum absolute atomic E-state index is 0.127. The maximum atomic E-state index is 13.0. The van der Waals surface area contributed by atoms with Crippen LogP contribution in [0.1, 0.15) is 12.5 Å². The Morgan fingerprint density at radius 2 is 1.77 bits per heavy atom. The zero-order chi connectivity index (χ0) is 18.4. The molecule has 5 nitrogen and oxygen atoms in total. The van der Waals surface area contributed by atoms with Gasteiger partial charge in [-0.3, -0.25) is 0 Å². The van der Waals surface area contributed by atoms with E-state index in [9.17, 15) is 9.18 Å². The van der Waals surface area contributed by atoms with Gasteiger partial charge in [0, 0.05) is 31.9 Å². The molecule has 3 rings (SSSR count). The molecule has 0 saturated carbocycles. The van der Waals surface area contributed by atoms with E-state index in [0.29, 0.717) is 13.1 Å². The van der Waals surface area contributed by atoms with Crippen molar-refractivity contribution < 1.29 is 13.9 Å². The van der Waals surface area contributed by atoms with Gasteiger partial charge in [-0.15, -0.1) is 0 Å². The molecule has 138 valence electrons. The summed E-state index contributed by atoms with van der Waals surface area (Å²) in [5.41, 5.74) is 2.10. The van der Waals surface area contributed by atoms with Crippen LogP contribution in [-0.2, 0) is 6.42 Å². The summed E-state index contributed by atoms with van der Waals surface area (Å²) < 4.78 is 18.7. The number of nitrogens with zero attached hydrogens (tertiary/aromatic N) is 2. The first-order valence-corrected chi connectivity index (χ1v) is 8.91. The molecule has 2 aromatic carbocycles. The van der Waals surface area contributed by atoms with E-state index in [1.807, 2.05) is 24.3 Å². The number of nitrogens with one attached hydrogen (secondary N) is 1. The van der Waals surface area contributed by atoms with Gasteiger partial charge in [0.2, 0.25) is 0 Å². The van der Waals surface area contributed by atoms with Crippen molar-refractivity contribution in [2.24, 2.45) is 0 Å². The predicted molar refractivity (Wildman–Crippen MR) is 100 cm³/mol. The van der Waals surface area contributed by atoms with Crippen LogP contribution in [-0.4, -0.2) is 43.8 Å². The predicted octanol–water partition coefficient (Wildman–Crippen LogP) is 3.26. The average molecular weight is 357 g/mol. The van der Waals surface area contributed by atoms with Crippen LogP contribution in [0.25, 0.3) is 0 Å². The molecule has 0 atom stereocenters. The van der Waals surface area contributed by atoms with E-state index >= 15 is 0 Å². The molecule has 0 aliphatic carbocycles. The maximum Gasteiger partial charge on any atom is 0.320 e. The van der Waals surface area contributed by atoms with Gasteiger partial charge >= 0.3 is 6.03 Å². The van der Waals surface area contributed by atoms with Gasteiger partial charge in [0.1, 0.15) is 11.6 Å². The molecule has 1 fully saturated rings. The van der Waals surface area contributed by atoms with Crippen LogP contribution < -0.4 is 15.0 Å². The summed E-state index contributed by atoms with van der Waals surface area (Å²) >= 11 is 0. The van der Waals surface area contributed by atoms with Crippen LogP contribution in [0.2, 0.25) is 0 Å². The van der Waals surface area contributed by atoms with Gasteiger partial charge in [-0.2, -0.15) is 0 Å². The molecule has 1 aliphatic rings. The highest BCUT2D eigenvalue weighted by molar-refractivity contribution is 5.74. The summed E-state index contributed by atoms with van der Waals surface area (Å²) in [5, 5.41) is 2.81. The van der Waals surface area contributed by atoms with E-state index < -0.39 is 0 Å². The number of amides is 2. The van der Waals surface area contributed by atoms with E-state index in [2.05, 4.69) is 17.1 Å². The largest absolute Gasteiger partial charge is 0.473 e. The number of carbonyl (C=O) groups excluding carboxylic acids is 1. The van der Waals surface area contributed by atoms with E-state index in [0.717, 1.165) is 36.5 Å². The third-order valence-corrected chi connectivity index (χ3v) is 4.56. The molecule has 2 amide bonds. The second-order valence-electron chi connectivity index (χ2n) is 6.18. The summed E-state index contributed by atoms with van der Waals surface area (Å²) in [6.45, 7) is 4.90. The number of anilines is 1. The number of urea groups is 1. The number of halogens is 1. The van der Waals surface area contributed by atoms with Crippen molar-refractivity contribution in [2.75, 3.05) is 37.8 Å². The Labute approximate surface area is 153 Å². The quantitative estimate of drug-likeness (QED) is 0.836. The second kappa shape index (κ2) is 8.56. The summed E-state index contributed by atoms with van der Waals surface area (Å²) in [6.07, 6.45) is 0.884. The van der Waals surface area contributed by atoms with Gasteiger partial charge in [-0.05, 0) is 42.3 Å². The van der Waals surface area contributed by atoms with Crippen molar-refractivity contribution in [3.05, 3.63) is 59.9 Å². The molecule has 1 N–H and O–H groups in total. The van der Waals surface area contributed by atoms with Crippen LogP contribution in [0.5, 0.6) is 5.75 Å². The van der Waals surface area contributed by atoms with Gasteiger partial charge in [0.25, 0.3) is 0 Å². The Kier molecular flexibility index (Phi) is 5.94. The third-order valence-electron chi connectivity index (χ3n) is 4.56. The van der Waals surface area contributed by atoms with Crippen molar-refractivity contribution in [1.82, 2.24) is 10.2 Å². The number of hydrogen-bond donors (Lipinski definition) is 1.